The molecule has 0 heterocycles. The second kappa shape index (κ2) is 6.25. The molecule has 21 heavy (non-hydrogen) atoms. The summed E-state index contributed by atoms with van der Waals surface area (Å²) < 4.78 is 73.2. The summed E-state index contributed by atoms with van der Waals surface area (Å²) in [7, 11) is 0.867. The van der Waals surface area contributed by atoms with Gasteiger partial charge in [0.05, 0.1) is 12.7 Å². The van der Waals surface area contributed by atoms with E-state index in [1.165, 1.54) is 6.07 Å². The largest absolute Gasteiger partial charge is 0.573 e. The van der Waals surface area contributed by atoms with Crippen molar-refractivity contribution in [3.05, 3.63) is 23.3 Å². The van der Waals surface area contributed by atoms with Crippen LogP contribution in [0.1, 0.15) is 15.9 Å². The van der Waals surface area contributed by atoms with E-state index in [0.29, 0.717) is 0 Å². The first-order valence-corrected chi connectivity index (χ1v) is 5.05. The molecule has 0 saturated heterocycles. The number of carbonyl (C=O) groups excluding carboxylic acids is 1. The minimum Gasteiger partial charge on any atom is -0.465 e. The van der Waals surface area contributed by atoms with Crippen molar-refractivity contribution in [2.45, 2.75) is 13.0 Å². The minimum atomic E-state index is -5.29. The third-order valence-electron chi connectivity index (χ3n) is 2.06. The fourth-order valence-corrected chi connectivity index (χ4v) is 1.34. The first kappa shape index (κ1) is 16.5. The smallest absolute Gasteiger partial charge is 0.465 e. The number of esters is 1. The third-order valence-corrected chi connectivity index (χ3v) is 2.06. The fraction of sp³-hybridized carbons (Fsp3) is 0.273. The van der Waals surface area contributed by atoms with E-state index < -0.39 is 41.6 Å². The van der Waals surface area contributed by atoms with E-state index in [-0.39, 0.29) is 0 Å². The summed E-state index contributed by atoms with van der Waals surface area (Å²) in [6, 6.07) is 2.95. The molecule has 1 aromatic rings. The Morgan fingerprint density at radius 3 is 2.33 bits per heavy atom. The lowest BCUT2D eigenvalue weighted by Gasteiger charge is -2.17. The van der Waals surface area contributed by atoms with Gasteiger partial charge in [-0.25, -0.2) is 4.79 Å². The molecule has 10 heteroatoms. The molecule has 0 fully saturated rings. The molecule has 0 N–H and O–H groups in total. The van der Waals surface area contributed by atoms with Crippen molar-refractivity contribution in [2.75, 3.05) is 7.11 Å². The van der Waals surface area contributed by atoms with Crippen LogP contribution in [0, 0.1) is 11.3 Å². The number of hydrogen-bond acceptors (Lipinski definition) is 5. The highest BCUT2D eigenvalue weighted by Crippen LogP contribution is 2.39. The van der Waals surface area contributed by atoms with Gasteiger partial charge in [0, 0.05) is 0 Å². The van der Waals surface area contributed by atoms with Crippen LogP contribution >= 0.6 is 0 Å². The molecule has 0 aliphatic carbocycles. The van der Waals surface area contributed by atoms with E-state index in [0.717, 1.165) is 19.2 Å². The van der Waals surface area contributed by atoms with Gasteiger partial charge in [-0.3, -0.25) is 0 Å². The average Bonchev–Trinajstić information content (AvgIpc) is 2.37. The number of ether oxygens (including phenoxy) is 3. The van der Waals surface area contributed by atoms with Crippen LogP contribution in [0.3, 0.4) is 0 Å². The van der Waals surface area contributed by atoms with Gasteiger partial charge in [-0.05, 0) is 12.1 Å². The Labute approximate surface area is 114 Å². The summed E-state index contributed by atoms with van der Waals surface area (Å²) in [4.78, 5) is 11.4. The molecule has 0 amide bonds. The molecule has 114 valence electrons. The highest BCUT2D eigenvalue weighted by atomic mass is 19.4. The van der Waals surface area contributed by atoms with Crippen molar-refractivity contribution in [1.29, 1.82) is 5.26 Å². The molecule has 0 spiro atoms. The minimum absolute atomic E-state index is 0.665. The van der Waals surface area contributed by atoms with Gasteiger partial charge in [0.15, 0.2) is 11.5 Å². The molecule has 0 bridgehead atoms. The van der Waals surface area contributed by atoms with Crippen LogP contribution < -0.4 is 9.47 Å². The first-order valence-electron chi connectivity index (χ1n) is 5.05. The number of hydrogen-bond donors (Lipinski definition) is 0. The molecular weight excluding hydrogens is 305 g/mol. The molecule has 0 aliphatic heterocycles. The monoisotopic (exact) mass is 311 g/mol. The van der Waals surface area contributed by atoms with Crippen LogP contribution in [-0.2, 0) is 4.74 Å². The Morgan fingerprint density at radius 2 is 1.90 bits per heavy atom. The van der Waals surface area contributed by atoms with E-state index in [9.17, 15) is 26.7 Å². The van der Waals surface area contributed by atoms with E-state index in [1.807, 2.05) is 0 Å². The summed E-state index contributed by atoms with van der Waals surface area (Å²) in [6.45, 7) is -3.53. The van der Waals surface area contributed by atoms with Gasteiger partial charge in [0.2, 0.25) is 0 Å². The Kier molecular flexibility index (Phi) is 4.91. The maximum absolute atomic E-state index is 12.3. The lowest BCUT2D eigenvalue weighted by Crippen LogP contribution is -2.21. The zero-order valence-electron chi connectivity index (χ0n) is 10.2. The van der Waals surface area contributed by atoms with Gasteiger partial charge in [0.1, 0.15) is 11.6 Å². The molecule has 0 aromatic heterocycles. The third kappa shape index (κ3) is 4.20. The van der Waals surface area contributed by atoms with E-state index in [1.54, 1.807) is 0 Å². The van der Waals surface area contributed by atoms with Crippen molar-refractivity contribution >= 4 is 5.97 Å². The van der Waals surface area contributed by atoms with Gasteiger partial charge in [-0.2, -0.15) is 14.0 Å². The lowest BCUT2D eigenvalue weighted by atomic mass is 10.1. The molecule has 0 unspecified atom stereocenters. The van der Waals surface area contributed by atoms with Crippen molar-refractivity contribution in [3.8, 4) is 17.6 Å². The first-order chi connectivity index (χ1) is 9.69. The maximum Gasteiger partial charge on any atom is 0.573 e. The zero-order chi connectivity index (χ0) is 16.2. The summed E-state index contributed by atoms with van der Waals surface area (Å²) >= 11 is 0. The van der Waals surface area contributed by atoms with Gasteiger partial charge in [-0.15, -0.1) is 13.2 Å². The van der Waals surface area contributed by atoms with Crippen LogP contribution in [0.2, 0.25) is 0 Å². The van der Waals surface area contributed by atoms with E-state index >= 15 is 0 Å². The SMILES string of the molecule is COC(=O)c1ccc(C#N)c(OC(F)F)c1OC(F)(F)F. The number of carbonyl (C=O) groups is 1. The van der Waals surface area contributed by atoms with Crippen molar-refractivity contribution < 1.29 is 41.0 Å². The van der Waals surface area contributed by atoms with Crippen LogP contribution in [0.25, 0.3) is 0 Å². The summed E-state index contributed by atoms with van der Waals surface area (Å²) in [5, 5.41) is 8.71. The van der Waals surface area contributed by atoms with Gasteiger partial charge >= 0.3 is 18.9 Å². The van der Waals surface area contributed by atoms with Crippen LogP contribution in [0.4, 0.5) is 22.0 Å². The molecule has 0 aliphatic rings. The highest BCUT2D eigenvalue weighted by Gasteiger charge is 2.36. The number of methoxy groups -OCH3 is 1. The highest BCUT2D eigenvalue weighted by molar-refractivity contribution is 5.94. The number of rotatable bonds is 4. The van der Waals surface area contributed by atoms with Crippen LogP contribution in [-0.4, -0.2) is 26.1 Å². The summed E-state index contributed by atoms with van der Waals surface area (Å²) in [5.41, 5.74) is -1.48. The van der Waals surface area contributed by atoms with Gasteiger partial charge in [0.25, 0.3) is 0 Å². The number of halogens is 5. The molecular formula is C11H6F5NO4. The second-order valence-electron chi connectivity index (χ2n) is 3.35. The van der Waals surface area contributed by atoms with Crippen molar-refractivity contribution in [2.24, 2.45) is 0 Å². The number of nitriles is 1. The number of alkyl halides is 5. The number of benzene rings is 1. The Hall–Kier alpha value is -2.57. The van der Waals surface area contributed by atoms with Crippen molar-refractivity contribution in [1.82, 2.24) is 0 Å². The van der Waals surface area contributed by atoms with E-state index in [4.69, 9.17) is 5.26 Å². The average molecular weight is 311 g/mol. The van der Waals surface area contributed by atoms with Crippen LogP contribution in [0.5, 0.6) is 11.5 Å². The zero-order valence-corrected chi connectivity index (χ0v) is 10.2. The topological polar surface area (TPSA) is 68.6 Å². The fourth-order valence-electron chi connectivity index (χ4n) is 1.34. The maximum atomic E-state index is 12.3. The molecule has 0 radical (unpaired) electrons. The summed E-state index contributed by atoms with van der Waals surface area (Å²) in [5.74, 6) is -3.85. The predicted molar refractivity (Wildman–Crippen MR) is 55.8 cm³/mol. The molecule has 1 rings (SSSR count). The molecule has 5 nitrogen and oxygen atoms in total. The van der Waals surface area contributed by atoms with Crippen LogP contribution in [0.15, 0.2) is 12.1 Å². The predicted octanol–water partition coefficient (Wildman–Crippen LogP) is 2.84. The van der Waals surface area contributed by atoms with Gasteiger partial charge < -0.3 is 14.2 Å². The molecule has 0 atom stereocenters. The Balaban J connectivity index is 3.54. The normalized spacial score (nSPS) is 11.0. The van der Waals surface area contributed by atoms with E-state index in [2.05, 4.69) is 14.2 Å². The van der Waals surface area contributed by atoms with Crippen molar-refractivity contribution in [3.63, 3.8) is 0 Å². The standard InChI is InChI=1S/C11H6F5NO4/c1-19-9(18)6-3-2-5(4-17)7(20-10(12)13)8(6)21-11(14,15)16/h2-3,10H,1H3. The quantitative estimate of drug-likeness (QED) is 0.632. The lowest BCUT2D eigenvalue weighted by molar-refractivity contribution is -0.275. The second-order valence-corrected chi connectivity index (χ2v) is 3.35. The van der Waals surface area contributed by atoms with Gasteiger partial charge in [-0.1, -0.05) is 0 Å². The molecule has 1 aromatic carbocycles. The summed E-state index contributed by atoms with van der Waals surface area (Å²) in [6.07, 6.45) is -5.29. The Morgan fingerprint density at radius 1 is 1.29 bits per heavy atom. The number of nitrogens with zero attached hydrogens (tertiary/aromatic N) is 1. The molecule has 0 saturated carbocycles. The Bertz CT molecular complexity index is 579.